The highest BCUT2D eigenvalue weighted by molar-refractivity contribution is 7.92. The molecule has 0 spiro atoms. The summed E-state index contributed by atoms with van der Waals surface area (Å²) in [5.74, 6) is 2.52. The number of methoxy groups -OCH3 is 2. The third-order valence-electron chi connectivity index (χ3n) is 9.69. The van der Waals surface area contributed by atoms with Crippen molar-refractivity contribution < 1.29 is 36.5 Å². The van der Waals surface area contributed by atoms with Crippen LogP contribution in [0.15, 0.2) is 96.2 Å². The summed E-state index contributed by atoms with van der Waals surface area (Å²) in [7, 11) is 1.04. The van der Waals surface area contributed by atoms with E-state index < -0.39 is 20.0 Å². The molecule has 0 radical (unpaired) electrons. The molecule has 344 valence electrons. The number of imidazole rings is 1. The maximum absolute atomic E-state index is 13.4. The summed E-state index contributed by atoms with van der Waals surface area (Å²) in [6.07, 6.45) is 4.94. The summed E-state index contributed by atoms with van der Waals surface area (Å²) in [4.78, 5) is 24.4. The summed E-state index contributed by atoms with van der Waals surface area (Å²) < 4.78 is 67.7. The molecular weight excluding hydrogens is 875 g/mol. The minimum absolute atomic E-state index is 0.0365. The van der Waals surface area contributed by atoms with E-state index in [9.17, 15) is 21.9 Å². The first kappa shape index (κ1) is 47.8. The second kappa shape index (κ2) is 21.4. The first-order valence-electron chi connectivity index (χ1n) is 20.4. The third-order valence-corrected chi connectivity index (χ3v) is 11.5. The van der Waals surface area contributed by atoms with E-state index >= 15 is 0 Å². The number of anilines is 6. The Bertz CT molecular complexity index is 2990. The van der Waals surface area contributed by atoms with Gasteiger partial charge in [0.1, 0.15) is 17.3 Å². The highest BCUT2D eigenvalue weighted by Crippen LogP contribution is 2.33. The molecule has 0 unspecified atom stereocenters. The number of rotatable bonds is 19. The molecule has 21 heteroatoms. The Morgan fingerprint density at radius 2 is 1.06 bits per heavy atom. The monoisotopic (exact) mass is 927 g/mol. The highest BCUT2D eigenvalue weighted by atomic mass is 32.2. The Balaban J connectivity index is 0.000000224. The van der Waals surface area contributed by atoms with Gasteiger partial charge in [-0.3, -0.25) is 9.44 Å². The average molecular weight is 928 g/mol. The van der Waals surface area contributed by atoms with Crippen LogP contribution >= 0.6 is 0 Å². The molecule has 0 aliphatic carbocycles. The molecule has 19 nitrogen and oxygen atoms in total. The second-order valence-electron chi connectivity index (χ2n) is 15.1. The molecule has 0 saturated heterocycles. The molecular formula is C44H53N11O8S2. The lowest BCUT2D eigenvalue weighted by atomic mass is 10.1. The molecule has 3 heterocycles. The topological polar surface area (TPSA) is 248 Å². The Hall–Kier alpha value is -6.65. The predicted octanol–water partition coefficient (Wildman–Crippen LogP) is 5.58. The van der Waals surface area contributed by atoms with E-state index in [1.54, 1.807) is 62.2 Å². The zero-order valence-corrected chi connectivity index (χ0v) is 38.5. The van der Waals surface area contributed by atoms with Crippen LogP contribution in [0.2, 0.25) is 0 Å². The van der Waals surface area contributed by atoms with Crippen molar-refractivity contribution in [3.05, 3.63) is 108 Å². The van der Waals surface area contributed by atoms with Crippen LogP contribution in [-0.2, 0) is 46.5 Å². The van der Waals surface area contributed by atoms with E-state index in [0.717, 1.165) is 17.4 Å². The molecule has 0 bridgehead atoms. The van der Waals surface area contributed by atoms with Crippen molar-refractivity contribution in [3.8, 4) is 11.5 Å². The van der Waals surface area contributed by atoms with E-state index in [2.05, 4.69) is 45.0 Å². The summed E-state index contributed by atoms with van der Waals surface area (Å²) in [6.45, 7) is 0.607. The molecule has 0 saturated carbocycles. The molecule has 4 aromatic carbocycles. The molecule has 6 N–H and O–H groups in total. The van der Waals surface area contributed by atoms with Crippen molar-refractivity contribution >= 4 is 76.8 Å². The van der Waals surface area contributed by atoms with Gasteiger partial charge < -0.3 is 39.8 Å². The Morgan fingerprint density at radius 3 is 1.46 bits per heavy atom. The number of aromatic nitrogens is 6. The second-order valence-corrected chi connectivity index (χ2v) is 18.5. The molecule has 65 heavy (non-hydrogen) atoms. The quantitative estimate of drug-likeness (QED) is 0.0579. The van der Waals surface area contributed by atoms with E-state index in [-0.39, 0.29) is 41.5 Å². The van der Waals surface area contributed by atoms with E-state index in [4.69, 9.17) is 14.6 Å². The maximum Gasteiger partial charge on any atom is 0.282 e. The molecule has 0 fully saturated rings. The number of hydrogen-bond acceptors (Lipinski definition) is 16. The highest BCUT2D eigenvalue weighted by Gasteiger charge is 2.24. The van der Waals surface area contributed by atoms with Gasteiger partial charge >= 0.3 is 0 Å². The zero-order chi connectivity index (χ0) is 46.7. The summed E-state index contributed by atoms with van der Waals surface area (Å²) >= 11 is 0. The van der Waals surface area contributed by atoms with Crippen LogP contribution in [0, 0.1) is 0 Å². The van der Waals surface area contributed by atoms with Crippen LogP contribution in [0.4, 0.5) is 34.6 Å². The van der Waals surface area contributed by atoms with Gasteiger partial charge in [0.2, 0.25) is 10.0 Å². The number of sulfonamides is 2. The van der Waals surface area contributed by atoms with Gasteiger partial charge in [0, 0.05) is 50.0 Å². The molecule has 0 atom stereocenters. The van der Waals surface area contributed by atoms with Gasteiger partial charge in [-0.05, 0) is 87.3 Å². The van der Waals surface area contributed by atoms with Crippen molar-refractivity contribution in [2.24, 2.45) is 7.05 Å². The van der Waals surface area contributed by atoms with Gasteiger partial charge in [-0.2, -0.15) is 8.42 Å². The molecule has 0 aliphatic rings. The summed E-state index contributed by atoms with van der Waals surface area (Å²) in [6, 6.07) is 25.5. The lowest BCUT2D eigenvalue weighted by Gasteiger charge is -2.16. The van der Waals surface area contributed by atoms with Crippen molar-refractivity contribution in [1.29, 1.82) is 0 Å². The fraction of sp³-hybridized carbons (Fsp3) is 0.295. The molecule has 0 aliphatic heterocycles. The zero-order valence-electron chi connectivity index (χ0n) is 36.9. The predicted molar refractivity (Wildman–Crippen MR) is 252 cm³/mol. The van der Waals surface area contributed by atoms with Gasteiger partial charge in [0.25, 0.3) is 10.0 Å². The number of aliphatic hydroxyl groups excluding tert-OH is 2. The first-order valence-corrected chi connectivity index (χ1v) is 23.8. The lowest BCUT2D eigenvalue weighted by molar-refractivity contribution is 0.288. The standard InChI is InChI=1S/C25H31N7O4S.C19H22N4O4S/c1-31(2)15-22-29-23(16-32(22)3)37(34,35)30-25-24(26-19-9-5-6-10-20(19)27-25)28-21-14-18(36-4)12-11-17(21)8-7-13-33;1-27-14-10-9-13(6-5-11-24)17(12-14)22-18-19(23-28(2,25)26)21-16-8-4-3-7-15(16)20-18/h5-6,9-12,14,16,33H,7-8,13,15H2,1-4H3,(H,26,28)(H,27,30);3-4,7-10,12,24H,5-6,11H2,1-2H3,(H,20,22)(H,21,23). The van der Waals surface area contributed by atoms with Crippen molar-refractivity contribution in [3.63, 3.8) is 0 Å². The minimum Gasteiger partial charge on any atom is -0.497 e. The average Bonchev–Trinajstić information content (AvgIpc) is 3.65. The fourth-order valence-electron chi connectivity index (χ4n) is 6.53. The van der Waals surface area contributed by atoms with Gasteiger partial charge in [-0.25, -0.2) is 33.3 Å². The SMILES string of the molecule is COc1ccc(CCCO)c(Nc2nc3ccccc3nc2NS(=O)(=O)c2cn(C)c(CN(C)C)n2)c1.COc1ccc(CCCO)c(Nc2nc3ccccc3nc2NS(C)(=O)=O)c1. The number of nitrogens with zero attached hydrogens (tertiary/aromatic N) is 7. The van der Waals surface area contributed by atoms with E-state index in [0.29, 0.717) is 83.0 Å². The largest absolute Gasteiger partial charge is 0.497 e. The number of aryl methyl sites for hydroxylation is 3. The van der Waals surface area contributed by atoms with Crippen LogP contribution in [0.25, 0.3) is 22.1 Å². The van der Waals surface area contributed by atoms with Crippen LogP contribution < -0.4 is 29.6 Å². The van der Waals surface area contributed by atoms with Crippen LogP contribution in [-0.4, -0.2) is 109 Å². The van der Waals surface area contributed by atoms with Crippen LogP contribution in [0.1, 0.15) is 29.8 Å². The van der Waals surface area contributed by atoms with Gasteiger partial charge in [-0.1, -0.05) is 36.4 Å². The number of hydrogen-bond donors (Lipinski definition) is 6. The Kier molecular flexibility index (Phi) is 15.7. The lowest BCUT2D eigenvalue weighted by Crippen LogP contribution is -2.17. The number of aliphatic hydroxyl groups is 2. The third kappa shape index (κ3) is 12.8. The van der Waals surface area contributed by atoms with E-state index in [1.165, 1.54) is 6.20 Å². The number of benzene rings is 4. The van der Waals surface area contributed by atoms with Gasteiger partial charge in [-0.15, -0.1) is 0 Å². The Morgan fingerprint density at radius 1 is 0.631 bits per heavy atom. The molecule has 3 aromatic heterocycles. The maximum atomic E-state index is 13.4. The van der Waals surface area contributed by atoms with Crippen molar-refractivity contribution in [2.75, 3.05) is 67.9 Å². The fourth-order valence-corrected chi connectivity index (χ4v) is 8.05. The number of para-hydroxylation sites is 4. The Labute approximate surface area is 378 Å². The molecule has 7 rings (SSSR count). The van der Waals surface area contributed by atoms with Gasteiger partial charge in [0.05, 0.1) is 49.1 Å². The number of fused-ring (bicyclic) bond motifs is 2. The summed E-state index contributed by atoms with van der Waals surface area (Å²) in [5.41, 5.74) is 5.56. The summed E-state index contributed by atoms with van der Waals surface area (Å²) in [5, 5.41) is 24.8. The molecule has 0 amide bonds. The van der Waals surface area contributed by atoms with Gasteiger partial charge in [0.15, 0.2) is 28.3 Å². The smallest absolute Gasteiger partial charge is 0.282 e. The van der Waals surface area contributed by atoms with Crippen LogP contribution in [0.5, 0.6) is 11.5 Å². The normalized spacial score (nSPS) is 11.6. The van der Waals surface area contributed by atoms with Crippen molar-refractivity contribution in [1.82, 2.24) is 34.4 Å². The van der Waals surface area contributed by atoms with Crippen molar-refractivity contribution in [2.45, 2.75) is 37.3 Å². The van der Waals surface area contributed by atoms with E-state index in [1.807, 2.05) is 67.5 Å². The first-order chi connectivity index (χ1) is 31.1. The minimum atomic E-state index is -4.07. The van der Waals surface area contributed by atoms with Crippen LogP contribution in [0.3, 0.4) is 0 Å². The number of nitrogens with one attached hydrogen (secondary N) is 4. The number of ether oxygens (including phenoxy) is 2. The molecule has 7 aromatic rings.